The van der Waals surface area contributed by atoms with E-state index in [1.54, 1.807) is 0 Å². The summed E-state index contributed by atoms with van der Waals surface area (Å²) in [7, 11) is 0. The molecule has 3 rings (SSSR count). The van der Waals surface area contributed by atoms with Crippen LogP contribution in [0.2, 0.25) is 0 Å². The number of nitrogens with zero attached hydrogens (tertiary/aromatic N) is 3. The smallest absolute Gasteiger partial charge is 0.191 e. The van der Waals surface area contributed by atoms with Crippen LogP contribution in [0.25, 0.3) is 0 Å². The Hall–Kier alpha value is -0.860. The zero-order chi connectivity index (χ0) is 20.5. The molecule has 1 heterocycles. The van der Waals surface area contributed by atoms with Gasteiger partial charge < -0.3 is 15.5 Å². The minimum Gasteiger partial charge on any atom is -0.357 e. The molecule has 0 amide bonds. The molecule has 2 fully saturated rings. The molecule has 2 N–H and O–H groups in total. The summed E-state index contributed by atoms with van der Waals surface area (Å²) >= 11 is 0. The second kappa shape index (κ2) is 12.9. The van der Waals surface area contributed by atoms with Gasteiger partial charge in [-0.1, -0.05) is 50.1 Å². The van der Waals surface area contributed by atoms with Crippen LogP contribution < -0.4 is 10.6 Å². The van der Waals surface area contributed by atoms with Gasteiger partial charge in [-0.25, -0.2) is 0 Å². The quantitative estimate of drug-likeness (QED) is 0.308. The second-order valence-corrected chi connectivity index (χ2v) is 8.75. The summed E-state index contributed by atoms with van der Waals surface area (Å²) in [6, 6.07) is 11.6. The summed E-state index contributed by atoms with van der Waals surface area (Å²) in [5, 5.41) is 7.08. The molecule has 0 aromatic heterocycles. The average molecular weight is 528 g/mol. The number of nitrogens with one attached hydrogen (secondary N) is 2. The van der Waals surface area contributed by atoms with Gasteiger partial charge in [0.05, 0.1) is 6.54 Å². The van der Waals surface area contributed by atoms with Gasteiger partial charge in [-0.05, 0) is 38.8 Å². The summed E-state index contributed by atoms with van der Waals surface area (Å²) in [5.74, 6) is 0.966. The monoisotopic (exact) mass is 527 g/mol. The maximum Gasteiger partial charge on any atom is 0.191 e. The van der Waals surface area contributed by atoms with E-state index in [4.69, 9.17) is 4.99 Å². The first kappa shape index (κ1) is 25.4. The Morgan fingerprint density at radius 3 is 2.30 bits per heavy atom. The number of hydrogen-bond acceptors (Lipinski definition) is 3. The van der Waals surface area contributed by atoms with Crippen LogP contribution in [0, 0.1) is 0 Å². The third-order valence-corrected chi connectivity index (χ3v) is 6.87. The SMILES string of the molecule is CCNC(=NCC1(c2ccccc2)CCCC1)NCC(C)N1CCN(CC)CC1.I. The number of benzene rings is 1. The number of piperazine rings is 1. The first-order valence-corrected chi connectivity index (χ1v) is 11.7. The molecule has 1 saturated heterocycles. The highest BCUT2D eigenvalue weighted by molar-refractivity contribution is 14.0. The minimum atomic E-state index is 0. The van der Waals surface area contributed by atoms with Crippen molar-refractivity contribution in [2.24, 2.45) is 4.99 Å². The van der Waals surface area contributed by atoms with Crippen molar-refractivity contribution in [3.63, 3.8) is 0 Å². The third-order valence-electron chi connectivity index (χ3n) is 6.87. The molecule has 1 aromatic carbocycles. The van der Waals surface area contributed by atoms with E-state index in [0.717, 1.165) is 25.6 Å². The van der Waals surface area contributed by atoms with Crippen molar-refractivity contribution in [3.05, 3.63) is 35.9 Å². The number of hydrogen-bond donors (Lipinski definition) is 2. The molecule has 1 unspecified atom stereocenters. The van der Waals surface area contributed by atoms with E-state index >= 15 is 0 Å². The molecular weight excluding hydrogens is 485 g/mol. The van der Waals surface area contributed by atoms with E-state index in [2.05, 4.69) is 71.5 Å². The van der Waals surface area contributed by atoms with E-state index < -0.39 is 0 Å². The molecule has 6 heteroatoms. The topological polar surface area (TPSA) is 42.9 Å². The molecule has 30 heavy (non-hydrogen) atoms. The lowest BCUT2D eigenvalue weighted by atomic mass is 9.79. The van der Waals surface area contributed by atoms with Crippen LogP contribution in [0.4, 0.5) is 0 Å². The molecule has 1 aliphatic carbocycles. The number of guanidine groups is 1. The molecule has 170 valence electrons. The number of rotatable bonds is 8. The predicted molar refractivity (Wildman–Crippen MR) is 139 cm³/mol. The fourth-order valence-electron chi connectivity index (χ4n) is 4.85. The summed E-state index contributed by atoms with van der Waals surface area (Å²) in [6.07, 6.45) is 5.13. The summed E-state index contributed by atoms with van der Waals surface area (Å²) in [5.41, 5.74) is 1.67. The van der Waals surface area contributed by atoms with Crippen LogP contribution in [-0.4, -0.2) is 74.2 Å². The Morgan fingerprint density at radius 1 is 1.03 bits per heavy atom. The molecule has 0 bridgehead atoms. The van der Waals surface area contributed by atoms with Gasteiger partial charge in [0, 0.05) is 50.7 Å². The largest absolute Gasteiger partial charge is 0.357 e. The molecule has 0 radical (unpaired) electrons. The Balaban J connectivity index is 0.00000320. The van der Waals surface area contributed by atoms with Crippen LogP contribution >= 0.6 is 24.0 Å². The maximum absolute atomic E-state index is 5.05. The van der Waals surface area contributed by atoms with Crippen LogP contribution in [0.5, 0.6) is 0 Å². The van der Waals surface area contributed by atoms with Crippen molar-refractivity contribution < 1.29 is 0 Å². The fourth-order valence-corrected chi connectivity index (χ4v) is 4.85. The fraction of sp³-hybridized carbons (Fsp3) is 0.708. The van der Waals surface area contributed by atoms with Crippen molar-refractivity contribution in [1.29, 1.82) is 0 Å². The van der Waals surface area contributed by atoms with Gasteiger partial charge >= 0.3 is 0 Å². The van der Waals surface area contributed by atoms with Crippen LogP contribution in [-0.2, 0) is 5.41 Å². The van der Waals surface area contributed by atoms with E-state index in [9.17, 15) is 0 Å². The van der Waals surface area contributed by atoms with Gasteiger partial charge in [-0.15, -0.1) is 24.0 Å². The van der Waals surface area contributed by atoms with Crippen molar-refractivity contribution in [2.75, 3.05) is 52.4 Å². The van der Waals surface area contributed by atoms with Crippen molar-refractivity contribution in [1.82, 2.24) is 20.4 Å². The molecule has 1 saturated carbocycles. The van der Waals surface area contributed by atoms with E-state index in [-0.39, 0.29) is 29.4 Å². The van der Waals surface area contributed by atoms with Gasteiger partial charge in [0.25, 0.3) is 0 Å². The van der Waals surface area contributed by atoms with Crippen LogP contribution in [0.3, 0.4) is 0 Å². The number of aliphatic imine (C=N–C) groups is 1. The Bertz CT molecular complexity index is 622. The van der Waals surface area contributed by atoms with Crippen molar-refractivity contribution in [3.8, 4) is 0 Å². The van der Waals surface area contributed by atoms with Gasteiger partial charge in [0.15, 0.2) is 5.96 Å². The van der Waals surface area contributed by atoms with Gasteiger partial charge in [0.1, 0.15) is 0 Å². The molecule has 0 spiro atoms. The van der Waals surface area contributed by atoms with Crippen LogP contribution in [0.15, 0.2) is 35.3 Å². The Kier molecular flexibility index (Phi) is 10.9. The minimum absolute atomic E-state index is 0. The van der Waals surface area contributed by atoms with E-state index in [1.165, 1.54) is 64.0 Å². The van der Waals surface area contributed by atoms with E-state index in [1.807, 2.05) is 0 Å². The third kappa shape index (κ3) is 6.82. The zero-order valence-corrected chi connectivity index (χ0v) is 21.5. The van der Waals surface area contributed by atoms with Crippen molar-refractivity contribution in [2.45, 2.75) is 57.9 Å². The number of halogens is 1. The van der Waals surface area contributed by atoms with Gasteiger partial charge in [-0.2, -0.15) is 0 Å². The van der Waals surface area contributed by atoms with E-state index in [0.29, 0.717) is 6.04 Å². The average Bonchev–Trinajstić information content (AvgIpc) is 3.26. The molecule has 2 aliphatic rings. The maximum atomic E-state index is 5.05. The molecule has 1 atom stereocenters. The molecule has 1 aromatic rings. The molecule has 1 aliphatic heterocycles. The second-order valence-electron chi connectivity index (χ2n) is 8.75. The zero-order valence-electron chi connectivity index (χ0n) is 19.2. The highest BCUT2D eigenvalue weighted by Crippen LogP contribution is 2.41. The molecule has 5 nitrogen and oxygen atoms in total. The summed E-state index contributed by atoms with van der Waals surface area (Å²) < 4.78 is 0. The standard InChI is InChI=1S/C24H41N5.HI/c1-4-25-23(26-19-21(3)29-17-15-28(5-2)16-18-29)27-20-24(13-9-10-14-24)22-11-7-6-8-12-22;/h6-8,11-12,21H,4-5,9-10,13-20H2,1-3H3,(H2,25,26,27);1H. The lowest BCUT2D eigenvalue weighted by Crippen LogP contribution is -2.53. The lowest BCUT2D eigenvalue weighted by Gasteiger charge is -2.37. The van der Waals surface area contributed by atoms with Gasteiger partial charge in [-0.3, -0.25) is 9.89 Å². The normalized spacial score (nSPS) is 21.1. The highest BCUT2D eigenvalue weighted by atomic mass is 127. The van der Waals surface area contributed by atoms with Crippen molar-refractivity contribution >= 4 is 29.9 Å². The Morgan fingerprint density at radius 2 is 1.70 bits per heavy atom. The predicted octanol–water partition coefficient (Wildman–Crippen LogP) is 3.70. The number of likely N-dealkylation sites (N-methyl/N-ethyl adjacent to an activating group) is 1. The van der Waals surface area contributed by atoms with Gasteiger partial charge in [0.2, 0.25) is 0 Å². The lowest BCUT2D eigenvalue weighted by molar-refractivity contribution is 0.107. The Labute approximate surface area is 201 Å². The first-order chi connectivity index (χ1) is 14.2. The first-order valence-electron chi connectivity index (χ1n) is 11.7. The molecular formula is C24H42IN5. The van der Waals surface area contributed by atoms with Crippen LogP contribution in [0.1, 0.15) is 52.0 Å². The summed E-state index contributed by atoms with van der Waals surface area (Å²) in [6.45, 7) is 15.3. The highest BCUT2D eigenvalue weighted by Gasteiger charge is 2.35. The summed E-state index contributed by atoms with van der Waals surface area (Å²) in [4.78, 5) is 10.2.